The number of esters is 2. The first-order valence-corrected chi connectivity index (χ1v) is 10.3. The van der Waals surface area contributed by atoms with Gasteiger partial charge < -0.3 is 19.0 Å². The lowest BCUT2D eigenvalue weighted by molar-refractivity contribution is 0.0376. The molecule has 0 bridgehead atoms. The zero-order valence-electron chi connectivity index (χ0n) is 18.5. The third kappa shape index (κ3) is 4.57. The Balaban J connectivity index is 1.77. The molecule has 0 saturated carbocycles. The van der Waals surface area contributed by atoms with E-state index in [-0.39, 0.29) is 23.1 Å². The molecule has 3 aromatic rings. The number of aromatic amines is 1. The van der Waals surface area contributed by atoms with Gasteiger partial charge in [0.1, 0.15) is 5.69 Å². The van der Waals surface area contributed by atoms with E-state index >= 15 is 0 Å². The predicted molar refractivity (Wildman–Crippen MR) is 118 cm³/mol. The monoisotopic (exact) mass is 435 g/mol. The summed E-state index contributed by atoms with van der Waals surface area (Å²) in [5.41, 5.74) is 2.57. The molecule has 1 aromatic carbocycles. The maximum absolute atomic E-state index is 12.8. The minimum absolute atomic E-state index is 0.113. The van der Waals surface area contributed by atoms with Crippen molar-refractivity contribution in [1.29, 1.82) is 5.26 Å². The van der Waals surface area contributed by atoms with E-state index in [4.69, 9.17) is 14.7 Å². The Bertz CT molecular complexity index is 1230. The third-order valence-electron chi connectivity index (χ3n) is 5.08. The molecule has 0 aliphatic heterocycles. The highest BCUT2D eigenvalue weighted by molar-refractivity contribution is 6.09. The van der Waals surface area contributed by atoms with E-state index in [0.29, 0.717) is 29.8 Å². The molecule has 2 heterocycles. The molecule has 0 aliphatic rings. The molecule has 0 saturated heterocycles. The molecule has 32 heavy (non-hydrogen) atoms. The van der Waals surface area contributed by atoms with Gasteiger partial charge in [0.2, 0.25) is 5.78 Å². The summed E-state index contributed by atoms with van der Waals surface area (Å²) >= 11 is 0. The number of H-pyrrole nitrogens is 1. The number of para-hydroxylation sites is 1. The molecule has 0 aliphatic carbocycles. The van der Waals surface area contributed by atoms with E-state index in [1.165, 1.54) is 0 Å². The quantitative estimate of drug-likeness (QED) is 0.421. The molecular formula is C24H25N3O5. The second-order valence-corrected chi connectivity index (χ2v) is 7.74. The number of nitriles is 1. The van der Waals surface area contributed by atoms with E-state index < -0.39 is 18.5 Å². The number of fused-ring (bicyclic) bond motifs is 1. The van der Waals surface area contributed by atoms with Gasteiger partial charge >= 0.3 is 11.9 Å². The summed E-state index contributed by atoms with van der Waals surface area (Å²) in [6.45, 7) is 6.79. The molecule has 2 aromatic heterocycles. The first kappa shape index (κ1) is 22.8. The SMILES string of the molecule is Cc1[nH]c(C(=O)OCC(=O)c2cn(CCC#N)c3ccccc23)c(C)c1C(=O)OC(C)C. The van der Waals surface area contributed by atoms with Gasteiger partial charge in [0.05, 0.1) is 24.2 Å². The molecule has 1 N–H and O–H groups in total. The number of carbonyl (C=O) groups is 3. The maximum atomic E-state index is 12.8. The van der Waals surface area contributed by atoms with Crippen LogP contribution in [0.1, 0.15) is 62.7 Å². The first-order valence-electron chi connectivity index (χ1n) is 10.3. The van der Waals surface area contributed by atoms with E-state index in [1.54, 1.807) is 33.9 Å². The number of hydrogen-bond acceptors (Lipinski definition) is 6. The van der Waals surface area contributed by atoms with Crippen LogP contribution >= 0.6 is 0 Å². The first-order chi connectivity index (χ1) is 15.2. The topological polar surface area (TPSA) is 114 Å². The van der Waals surface area contributed by atoms with Gasteiger partial charge in [-0.2, -0.15) is 5.26 Å². The van der Waals surface area contributed by atoms with Crippen LogP contribution in [0.25, 0.3) is 10.9 Å². The molecule has 0 spiro atoms. The lowest BCUT2D eigenvalue weighted by atomic mass is 10.1. The second-order valence-electron chi connectivity index (χ2n) is 7.74. The molecule has 8 nitrogen and oxygen atoms in total. The Morgan fingerprint density at radius 3 is 2.56 bits per heavy atom. The fraction of sp³-hybridized carbons (Fsp3) is 0.333. The van der Waals surface area contributed by atoms with Gasteiger partial charge in [0.25, 0.3) is 0 Å². The summed E-state index contributed by atoms with van der Waals surface area (Å²) in [7, 11) is 0. The van der Waals surface area contributed by atoms with Crippen molar-refractivity contribution in [3.63, 3.8) is 0 Å². The minimum atomic E-state index is -0.726. The Kier molecular flexibility index (Phi) is 6.79. The number of aryl methyl sites for hydroxylation is 2. The summed E-state index contributed by atoms with van der Waals surface area (Å²) in [6, 6.07) is 9.47. The number of Topliss-reactive ketones (excluding diaryl/α,β-unsaturated/α-hetero) is 1. The van der Waals surface area contributed by atoms with Gasteiger partial charge in [-0.3, -0.25) is 4.79 Å². The molecule has 0 unspecified atom stereocenters. The van der Waals surface area contributed by atoms with E-state index in [2.05, 4.69) is 11.1 Å². The fourth-order valence-corrected chi connectivity index (χ4v) is 3.64. The number of benzene rings is 1. The van der Waals surface area contributed by atoms with Gasteiger partial charge in [0.15, 0.2) is 6.61 Å². The Morgan fingerprint density at radius 2 is 1.88 bits per heavy atom. The van der Waals surface area contributed by atoms with Crippen LogP contribution in [0.3, 0.4) is 0 Å². The number of ketones is 1. The maximum Gasteiger partial charge on any atom is 0.355 e. The highest BCUT2D eigenvalue weighted by atomic mass is 16.5. The van der Waals surface area contributed by atoms with Crippen molar-refractivity contribution >= 4 is 28.6 Å². The normalized spacial score (nSPS) is 10.9. The zero-order valence-corrected chi connectivity index (χ0v) is 18.5. The zero-order chi connectivity index (χ0) is 23.4. The summed E-state index contributed by atoms with van der Waals surface area (Å²) in [5.74, 6) is -1.60. The van der Waals surface area contributed by atoms with Crippen molar-refractivity contribution in [1.82, 2.24) is 9.55 Å². The van der Waals surface area contributed by atoms with Crippen LogP contribution in [0.15, 0.2) is 30.5 Å². The van der Waals surface area contributed by atoms with Gasteiger partial charge in [-0.15, -0.1) is 0 Å². The highest BCUT2D eigenvalue weighted by Gasteiger charge is 2.25. The van der Waals surface area contributed by atoms with Gasteiger partial charge in [-0.05, 0) is 39.3 Å². The molecule has 0 fully saturated rings. The summed E-state index contributed by atoms with van der Waals surface area (Å²) in [4.78, 5) is 40.6. The number of nitrogens with zero attached hydrogens (tertiary/aromatic N) is 2. The number of nitrogens with one attached hydrogen (secondary N) is 1. The number of aromatic nitrogens is 2. The van der Waals surface area contributed by atoms with Crippen LogP contribution in [-0.4, -0.2) is 40.0 Å². The van der Waals surface area contributed by atoms with Crippen molar-refractivity contribution in [2.24, 2.45) is 0 Å². The van der Waals surface area contributed by atoms with Crippen LogP contribution in [-0.2, 0) is 16.0 Å². The Morgan fingerprint density at radius 1 is 1.16 bits per heavy atom. The Labute approximate surface area is 185 Å². The lowest BCUT2D eigenvalue weighted by Gasteiger charge is -2.08. The van der Waals surface area contributed by atoms with Crippen molar-refractivity contribution in [2.45, 2.75) is 46.8 Å². The van der Waals surface area contributed by atoms with E-state index in [9.17, 15) is 14.4 Å². The van der Waals surface area contributed by atoms with E-state index in [1.807, 2.05) is 28.8 Å². The molecule has 0 radical (unpaired) electrons. The number of ether oxygens (including phenoxy) is 2. The van der Waals surface area contributed by atoms with Crippen LogP contribution in [0.2, 0.25) is 0 Å². The third-order valence-corrected chi connectivity index (χ3v) is 5.08. The van der Waals surface area contributed by atoms with Crippen LogP contribution < -0.4 is 0 Å². The van der Waals surface area contributed by atoms with Gasteiger partial charge in [-0.1, -0.05) is 18.2 Å². The molecule has 3 rings (SSSR count). The molecule has 0 amide bonds. The molecular weight excluding hydrogens is 410 g/mol. The average Bonchev–Trinajstić information content (AvgIpc) is 3.26. The molecule has 0 atom stereocenters. The lowest BCUT2D eigenvalue weighted by Crippen LogP contribution is -2.16. The van der Waals surface area contributed by atoms with Gasteiger partial charge in [-0.25, -0.2) is 9.59 Å². The van der Waals surface area contributed by atoms with E-state index in [0.717, 1.165) is 10.9 Å². The number of hydrogen-bond donors (Lipinski definition) is 1. The number of rotatable bonds is 8. The van der Waals surface area contributed by atoms with Crippen molar-refractivity contribution in [3.05, 3.63) is 58.5 Å². The molecule has 166 valence electrons. The summed E-state index contributed by atoms with van der Waals surface area (Å²) in [5, 5.41) is 9.60. The summed E-state index contributed by atoms with van der Waals surface area (Å²) in [6.07, 6.45) is 1.70. The fourth-order valence-electron chi connectivity index (χ4n) is 3.64. The largest absolute Gasteiger partial charge is 0.459 e. The minimum Gasteiger partial charge on any atom is -0.459 e. The smallest absolute Gasteiger partial charge is 0.355 e. The van der Waals surface area contributed by atoms with Crippen molar-refractivity contribution in [3.8, 4) is 6.07 Å². The van der Waals surface area contributed by atoms with Crippen LogP contribution in [0.5, 0.6) is 0 Å². The van der Waals surface area contributed by atoms with Crippen molar-refractivity contribution < 1.29 is 23.9 Å². The second kappa shape index (κ2) is 9.52. The summed E-state index contributed by atoms with van der Waals surface area (Å²) < 4.78 is 12.3. The van der Waals surface area contributed by atoms with Crippen molar-refractivity contribution in [2.75, 3.05) is 6.61 Å². The standard InChI is InChI=1S/C24H25N3O5/c1-14(2)32-23(29)21-15(3)22(26-16(21)4)24(30)31-13-20(28)18-12-27(11-7-10-25)19-9-6-5-8-17(18)19/h5-6,8-9,12,14,26H,7,11,13H2,1-4H3. The highest BCUT2D eigenvalue weighted by Crippen LogP contribution is 2.23. The predicted octanol–water partition coefficient (Wildman–Crippen LogP) is 4.10. The average molecular weight is 435 g/mol. The molecule has 8 heteroatoms. The van der Waals surface area contributed by atoms with Gasteiger partial charge in [0, 0.05) is 34.9 Å². The Hall–Kier alpha value is -3.86. The van der Waals surface area contributed by atoms with Crippen LogP contribution in [0, 0.1) is 25.2 Å². The van der Waals surface area contributed by atoms with Crippen LogP contribution in [0.4, 0.5) is 0 Å². The number of carbonyl (C=O) groups excluding carboxylic acids is 3.